The van der Waals surface area contributed by atoms with Crippen LogP contribution in [-0.2, 0) is 11.3 Å². The second kappa shape index (κ2) is 11.2. The normalized spacial score (nSPS) is 11.6. The molecule has 0 aliphatic carbocycles. The second-order valence-corrected chi connectivity index (χ2v) is 10.1. The van der Waals surface area contributed by atoms with E-state index in [1.165, 1.54) is 19.2 Å². The van der Waals surface area contributed by atoms with Gasteiger partial charge in [-0.3, -0.25) is 10.1 Å². The molecule has 0 unspecified atom stereocenters. The Morgan fingerprint density at radius 1 is 1.18 bits per heavy atom. The van der Waals surface area contributed by atoms with E-state index >= 15 is 0 Å². The second-order valence-electron chi connectivity index (χ2n) is 8.66. The predicted octanol–water partition coefficient (Wildman–Crippen LogP) is 6.84. The lowest BCUT2D eigenvalue weighted by atomic mass is 10.1. The van der Waals surface area contributed by atoms with Crippen LogP contribution in [0.25, 0.3) is 28.4 Å². The summed E-state index contributed by atoms with van der Waals surface area (Å²) in [7, 11) is 1.50. The lowest BCUT2D eigenvalue weighted by Crippen LogP contribution is -2.02. The number of aromatic nitrogens is 3. The molecule has 0 amide bonds. The summed E-state index contributed by atoms with van der Waals surface area (Å²) in [5.74, 6) is -0.533. The number of para-hydroxylation sites is 1. The molecule has 2 aromatic heterocycles. The van der Waals surface area contributed by atoms with Crippen LogP contribution in [0.5, 0.6) is 5.75 Å². The molecule has 0 radical (unpaired) electrons. The van der Waals surface area contributed by atoms with Gasteiger partial charge in [-0.15, -0.1) is 10.2 Å². The van der Waals surface area contributed by atoms with Crippen molar-refractivity contribution in [2.75, 3.05) is 7.11 Å². The lowest BCUT2D eigenvalue weighted by Gasteiger charge is -2.09. The summed E-state index contributed by atoms with van der Waals surface area (Å²) in [6, 6.07) is 19.0. The first-order valence-corrected chi connectivity index (χ1v) is 13.1. The predicted molar refractivity (Wildman–Crippen MR) is 152 cm³/mol. The Morgan fingerprint density at radius 3 is 2.62 bits per heavy atom. The van der Waals surface area contributed by atoms with Crippen molar-refractivity contribution in [1.82, 2.24) is 14.8 Å². The Morgan fingerprint density at radius 2 is 1.93 bits per heavy atom. The number of benzene rings is 3. The molecule has 0 aliphatic heterocycles. The van der Waals surface area contributed by atoms with E-state index in [9.17, 15) is 20.0 Å². The van der Waals surface area contributed by atoms with Gasteiger partial charge in [0, 0.05) is 45.9 Å². The van der Waals surface area contributed by atoms with Crippen molar-refractivity contribution in [2.45, 2.75) is 18.7 Å². The molecule has 0 bridgehead atoms. The molecule has 1 N–H and O–H groups in total. The third-order valence-corrected chi connectivity index (χ3v) is 7.34. The number of ether oxygens (including phenoxy) is 1. The first-order valence-electron chi connectivity index (χ1n) is 11.9. The summed E-state index contributed by atoms with van der Waals surface area (Å²) in [5.41, 5.74) is 3.82. The van der Waals surface area contributed by atoms with Gasteiger partial charge in [0.15, 0.2) is 0 Å². The standard InChI is InChI=1S/C28H21ClN4O6S/c1-16-21(20-5-3-4-6-23(20)32(16)15-17-7-10-19(11-8-17)33(36)37)14-25(27(34)35)40-28-31-30-26(39-28)22-13-18(29)9-12-24(22)38-2/h3-14H,15H2,1-2H3,(H,34,35)/b25-14-. The third kappa shape index (κ3) is 5.42. The minimum Gasteiger partial charge on any atom is -0.496 e. The van der Waals surface area contributed by atoms with Crippen molar-refractivity contribution >= 4 is 52.0 Å². The number of hydrogen-bond acceptors (Lipinski definition) is 8. The Bertz CT molecular complexity index is 1780. The highest BCUT2D eigenvalue weighted by molar-refractivity contribution is 8.03. The van der Waals surface area contributed by atoms with Gasteiger partial charge in [0.25, 0.3) is 16.8 Å². The number of carboxylic acids is 1. The van der Waals surface area contributed by atoms with Crippen LogP contribution in [0.3, 0.4) is 0 Å². The fourth-order valence-corrected chi connectivity index (χ4v) is 5.14. The van der Waals surface area contributed by atoms with Gasteiger partial charge in [-0.05, 0) is 54.6 Å². The Labute approximate surface area is 237 Å². The van der Waals surface area contributed by atoms with Crippen LogP contribution in [0.4, 0.5) is 5.69 Å². The zero-order valence-corrected chi connectivity index (χ0v) is 22.8. The molecule has 5 rings (SSSR count). The van der Waals surface area contributed by atoms with Gasteiger partial charge < -0.3 is 18.8 Å². The number of nitrogens with zero attached hydrogens (tertiary/aromatic N) is 4. The number of nitro benzene ring substituents is 1. The van der Waals surface area contributed by atoms with Crippen LogP contribution in [0, 0.1) is 17.0 Å². The Balaban J connectivity index is 1.50. The molecule has 40 heavy (non-hydrogen) atoms. The summed E-state index contributed by atoms with van der Waals surface area (Å²) in [5, 5.41) is 30.5. The van der Waals surface area contributed by atoms with Gasteiger partial charge in [-0.25, -0.2) is 4.79 Å². The molecule has 0 saturated carbocycles. The molecular formula is C28H21ClN4O6S. The highest BCUT2D eigenvalue weighted by atomic mass is 35.5. The van der Waals surface area contributed by atoms with Crippen LogP contribution >= 0.6 is 23.4 Å². The molecule has 0 fully saturated rings. The minimum atomic E-state index is -1.16. The van der Waals surface area contributed by atoms with E-state index in [4.69, 9.17) is 20.8 Å². The fraction of sp³-hybridized carbons (Fsp3) is 0.107. The van der Waals surface area contributed by atoms with Gasteiger partial charge in [0.1, 0.15) is 10.7 Å². The number of non-ortho nitro benzene ring substituents is 1. The summed E-state index contributed by atoms with van der Waals surface area (Å²) in [6.45, 7) is 2.35. The maximum atomic E-state index is 12.3. The first-order chi connectivity index (χ1) is 19.2. The average molecular weight is 577 g/mol. The first kappa shape index (κ1) is 27.0. The van der Waals surface area contributed by atoms with Gasteiger partial charge in [-0.2, -0.15) is 0 Å². The number of fused-ring (bicyclic) bond motifs is 1. The van der Waals surface area contributed by atoms with Crippen molar-refractivity contribution in [3.8, 4) is 17.2 Å². The van der Waals surface area contributed by atoms with Crippen LogP contribution < -0.4 is 4.74 Å². The molecule has 0 atom stereocenters. The summed E-state index contributed by atoms with van der Waals surface area (Å²) < 4.78 is 13.1. The maximum Gasteiger partial charge on any atom is 0.342 e. The van der Waals surface area contributed by atoms with E-state index in [0.29, 0.717) is 22.9 Å². The van der Waals surface area contributed by atoms with E-state index < -0.39 is 10.9 Å². The van der Waals surface area contributed by atoms with Gasteiger partial charge in [0.2, 0.25) is 0 Å². The van der Waals surface area contributed by atoms with E-state index in [-0.39, 0.29) is 21.7 Å². The smallest absolute Gasteiger partial charge is 0.342 e. The molecule has 2 heterocycles. The van der Waals surface area contributed by atoms with Crippen LogP contribution in [0.1, 0.15) is 16.8 Å². The molecule has 0 saturated heterocycles. The van der Waals surface area contributed by atoms with E-state index in [0.717, 1.165) is 39.5 Å². The van der Waals surface area contributed by atoms with Crippen molar-refractivity contribution in [2.24, 2.45) is 0 Å². The number of carbonyl (C=O) groups is 1. The number of methoxy groups -OCH3 is 1. The topological polar surface area (TPSA) is 134 Å². The fourth-order valence-electron chi connectivity index (χ4n) is 4.32. The van der Waals surface area contributed by atoms with Crippen molar-refractivity contribution in [3.63, 3.8) is 0 Å². The van der Waals surface area contributed by atoms with Crippen molar-refractivity contribution < 1.29 is 24.0 Å². The quantitative estimate of drug-likeness (QED) is 0.0866. The Kier molecular flexibility index (Phi) is 7.58. The zero-order valence-electron chi connectivity index (χ0n) is 21.2. The monoisotopic (exact) mass is 576 g/mol. The number of aliphatic carboxylic acids is 1. The van der Waals surface area contributed by atoms with E-state index in [2.05, 4.69) is 10.2 Å². The molecule has 0 aliphatic rings. The molecule has 12 heteroatoms. The maximum absolute atomic E-state index is 12.3. The zero-order chi connectivity index (χ0) is 28.4. The number of nitro groups is 1. The number of hydrogen-bond donors (Lipinski definition) is 1. The minimum absolute atomic E-state index is 0.0163. The largest absolute Gasteiger partial charge is 0.496 e. The molecule has 202 valence electrons. The molecule has 0 spiro atoms. The van der Waals surface area contributed by atoms with E-state index in [1.54, 1.807) is 36.4 Å². The number of halogens is 1. The number of thioether (sulfide) groups is 1. The summed E-state index contributed by atoms with van der Waals surface area (Å²) in [6.07, 6.45) is 1.58. The van der Waals surface area contributed by atoms with Gasteiger partial charge in [-0.1, -0.05) is 41.9 Å². The molecular weight excluding hydrogens is 556 g/mol. The SMILES string of the molecule is COc1ccc(Cl)cc1-c1nnc(S/C(=C\c2c(C)n(Cc3ccc([N+](=O)[O-])cc3)c3ccccc23)C(=O)O)o1. The molecule has 3 aromatic carbocycles. The molecule has 10 nitrogen and oxygen atoms in total. The third-order valence-electron chi connectivity index (χ3n) is 6.25. The van der Waals surface area contributed by atoms with Crippen molar-refractivity contribution in [1.29, 1.82) is 0 Å². The number of carboxylic acid groups (broad SMARTS) is 1. The highest BCUT2D eigenvalue weighted by Gasteiger charge is 2.21. The van der Waals surface area contributed by atoms with E-state index in [1.807, 2.05) is 35.8 Å². The Hall–Kier alpha value is -4.61. The molecule has 5 aromatic rings. The van der Waals surface area contributed by atoms with Crippen LogP contribution in [-0.4, -0.2) is 37.9 Å². The van der Waals surface area contributed by atoms with Gasteiger partial charge in [0.05, 0.1) is 17.6 Å². The summed E-state index contributed by atoms with van der Waals surface area (Å²) in [4.78, 5) is 22.9. The van der Waals surface area contributed by atoms with Gasteiger partial charge >= 0.3 is 5.97 Å². The average Bonchev–Trinajstić information content (AvgIpc) is 3.51. The lowest BCUT2D eigenvalue weighted by molar-refractivity contribution is -0.384. The number of rotatable bonds is 9. The van der Waals surface area contributed by atoms with Crippen LogP contribution in [0.2, 0.25) is 5.02 Å². The van der Waals surface area contributed by atoms with Crippen molar-refractivity contribution in [3.05, 3.63) is 104 Å². The van der Waals surface area contributed by atoms with Crippen LogP contribution in [0.15, 0.2) is 81.3 Å². The summed E-state index contributed by atoms with van der Waals surface area (Å²) >= 11 is 6.95. The highest BCUT2D eigenvalue weighted by Crippen LogP contribution is 2.36.